The van der Waals surface area contributed by atoms with Gasteiger partial charge in [0, 0.05) is 17.3 Å². The fourth-order valence-corrected chi connectivity index (χ4v) is 4.48. The lowest BCUT2D eigenvalue weighted by Crippen LogP contribution is -2.16. The number of hydrogen-bond acceptors (Lipinski definition) is 4. The Labute approximate surface area is 185 Å². The Morgan fingerprint density at radius 3 is 2.70 bits per heavy atom. The third-order valence-corrected chi connectivity index (χ3v) is 5.94. The number of aromatic nitrogens is 2. The van der Waals surface area contributed by atoms with E-state index in [9.17, 15) is 18.0 Å². The summed E-state index contributed by atoms with van der Waals surface area (Å²) in [6.45, 7) is 0.0917. The Morgan fingerprint density at radius 1 is 1.03 bits per heavy atom. The second kappa shape index (κ2) is 6.99. The monoisotopic (exact) mass is 451 g/mol. The minimum atomic E-state index is -4.60. The third-order valence-electron chi connectivity index (χ3n) is 5.94. The Morgan fingerprint density at radius 2 is 1.85 bits per heavy atom. The number of aryl methyl sites for hydroxylation is 1. The first-order valence-electron chi connectivity index (χ1n) is 10.3. The maximum atomic E-state index is 14.2. The van der Waals surface area contributed by atoms with Gasteiger partial charge in [-0.2, -0.15) is 13.2 Å². The molecule has 166 valence electrons. The highest BCUT2D eigenvalue weighted by Gasteiger charge is 2.39. The van der Waals surface area contributed by atoms with Gasteiger partial charge in [-0.3, -0.25) is 4.79 Å². The van der Waals surface area contributed by atoms with Crippen LogP contribution in [0.1, 0.15) is 27.2 Å². The van der Waals surface area contributed by atoms with E-state index in [2.05, 4.69) is 15.3 Å². The van der Waals surface area contributed by atoms with Crippen molar-refractivity contribution < 1.29 is 27.4 Å². The van der Waals surface area contributed by atoms with Crippen LogP contribution in [0.4, 0.5) is 18.9 Å². The summed E-state index contributed by atoms with van der Waals surface area (Å²) in [5, 5.41) is 2.68. The summed E-state index contributed by atoms with van der Waals surface area (Å²) in [5.74, 6) is 0.457. The van der Waals surface area contributed by atoms with Crippen molar-refractivity contribution in [3.63, 3.8) is 0 Å². The molecule has 2 aromatic heterocycles. The number of hydrogen-bond donors (Lipinski definition) is 2. The van der Waals surface area contributed by atoms with Gasteiger partial charge in [0.2, 0.25) is 6.79 Å². The lowest BCUT2D eigenvalue weighted by molar-refractivity contribution is -0.137. The van der Waals surface area contributed by atoms with Crippen molar-refractivity contribution in [1.82, 2.24) is 9.97 Å². The van der Waals surface area contributed by atoms with Gasteiger partial charge in [-0.1, -0.05) is 24.3 Å². The van der Waals surface area contributed by atoms with Crippen LogP contribution in [0.3, 0.4) is 0 Å². The third kappa shape index (κ3) is 3.19. The number of alkyl halides is 3. The average molecular weight is 451 g/mol. The molecule has 2 aromatic carbocycles. The van der Waals surface area contributed by atoms with Crippen molar-refractivity contribution in [1.29, 1.82) is 0 Å². The number of nitrogens with zero attached hydrogens (tertiary/aromatic N) is 1. The number of amides is 1. The van der Waals surface area contributed by atoms with Crippen molar-refractivity contribution in [3.05, 3.63) is 70.9 Å². The molecule has 0 saturated heterocycles. The molecule has 0 bridgehead atoms. The number of halogens is 3. The maximum absolute atomic E-state index is 14.2. The number of nitrogens with one attached hydrogen (secondary N) is 2. The minimum absolute atomic E-state index is 0.0173. The summed E-state index contributed by atoms with van der Waals surface area (Å²) in [7, 11) is 0. The topological polar surface area (TPSA) is 76.2 Å². The number of carbonyl (C=O) groups excluding carboxylic acids is 1. The molecule has 3 heterocycles. The number of pyridine rings is 1. The first-order chi connectivity index (χ1) is 15.9. The van der Waals surface area contributed by atoms with Gasteiger partial charge < -0.3 is 19.8 Å². The molecular formula is C24H16F3N3O3. The van der Waals surface area contributed by atoms with E-state index in [4.69, 9.17) is 9.47 Å². The van der Waals surface area contributed by atoms with E-state index in [0.29, 0.717) is 34.9 Å². The van der Waals surface area contributed by atoms with Gasteiger partial charge in [0.1, 0.15) is 5.69 Å². The Kier molecular flexibility index (Phi) is 4.17. The number of ether oxygens (including phenoxy) is 2. The number of benzene rings is 2. The molecule has 6 rings (SSSR count). The van der Waals surface area contributed by atoms with Crippen LogP contribution in [-0.4, -0.2) is 22.7 Å². The van der Waals surface area contributed by atoms with E-state index in [1.807, 2.05) is 12.1 Å². The van der Waals surface area contributed by atoms with Crippen molar-refractivity contribution in [2.75, 3.05) is 12.1 Å². The molecule has 6 nitrogen and oxygen atoms in total. The van der Waals surface area contributed by atoms with E-state index in [-0.39, 0.29) is 35.5 Å². The highest BCUT2D eigenvalue weighted by molar-refractivity contribution is 6.06. The Bertz CT molecular complexity index is 1440. The van der Waals surface area contributed by atoms with Gasteiger partial charge in [0.05, 0.1) is 22.3 Å². The fourth-order valence-electron chi connectivity index (χ4n) is 4.48. The van der Waals surface area contributed by atoms with E-state index < -0.39 is 17.6 Å². The lowest BCUT2D eigenvalue weighted by atomic mass is 9.86. The number of H-pyrrole nitrogens is 1. The van der Waals surface area contributed by atoms with E-state index in [1.54, 1.807) is 30.3 Å². The largest absolute Gasteiger partial charge is 0.454 e. The van der Waals surface area contributed by atoms with Crippen LogP contribution in [0.25, 0.3) is 22.3 Å². The number of fused-ring (bicyclic) bond motifs is 5. The van der Waals surface area contributed by atoms with Crippen molar-refractivity contribution in [2.45, 2.75) is 19.0 Å². The van der Waals surface area contributed by atoms with Crippen molar-refractivity contribution >= 4 is 22.6 Å². The summed E-state index contributed by atoms with van der Waals surface area (Å²) in [4.78, 5) is 20.0. The summed E-state index contributed by atoms with van der Waals surface area (Å²) in [6.07, 6.45) is -3.88. The van der Waals surface area contributed by atoms with Crippen LogP contribution >= 0.6 is 0 Å². The SMILES string of the molecule is O=C(Nc1ccc2c(c1)OCO2)c1cc2nc3c(c(C(F)(F)F)c2[nH]1)CCc1ccccc1-3. The molecule has 0 radical (unpaired) electrons. The number of carbonyl (C=O) groups is 1. The molecule has 0 saturated carbocycles. The zero-order valence-corrected chi connectivity index (χ0v) is 17.0. The Hall–Kier alpha value is -4.01. The predicted octanol–water partition coefficient (Wildman–Crippen LogP) is 5.33. The average Bonchev–Trinajstić information content (AvgIpc) is 3.43. The summed E-state index contributed by atoms with van der Waals surface area (Å²) in [5.41, 5.74) is 1.68. The van der Waals surface area contributed by atoms with E-state index in [1.165, 1.54) is 6.07 Å². The van der Waals surface area contributed by atoms with Gasteiger partial charge in [-0.25, -0.2) is 4.98 Å². The molecule has 0 atom stereocenters. The molecule has 1 aliphatic heterocycles. The molecule has 0 spiro atoms. The van der Waals surface area contributed by atoms with E-state index in [0.717, 1.165) is 5.56 Å². The van der Waals surface area contributed by atoms with Crippen LogP contribution in [0, 0.1) is 0 Å². The quantitative estimate of drug-likeness (QED) is 0.432. The smallest absolute Gasteiger partial charge is 0.418 e. The zero-order valence-electron chi connectivity index (χ0n) is 17.0. The second-order valence-electron chi connectivity index (χ2n) is 7.93. The molecular weight excluding hydrogens is 435 g/mol. The Balaban J connectivity index is 1.45. The van der Waals surface area contributed by atoms with Crippen molar-refractivity contribution in [2.24, 2.45) is 0 Å². The van der Waals surface area contributed by atoms with Gasteiger partial charge in [0.25, 0.3) is 5.91 Å². The molecule has 0 fully saturated rings. The number of anilines is 1. The zero-order chi connectivity index (χ0) is 22.7. The molecule has 1 amide bonds. The maximum Gasteiger partial charge on any atom is 0.418 e. The van der Waals surface area contributed by atoms with Crippen LogP contribution in [0.5, 0.6) is 11.5 Å². The molecule has 0 unspecified atom stereocenters. The van der Waals surface area contributed by atoms with Crippen LogP contribution in [0.15, 0.2) is 48.5 Å². The fraction of sp³-hybridized carbons (Fsp3) is 0.167. The highest BCUT2D eigenvalue weighted by Crippen LogP contribution is 2.43. The van der Waals surface area contributed by atoms with Crippen LogP contribution < -0.4 is 14.8 Å². The van der Waals surface area contributed by atoms with Gasteiger partial charge in [-0.05, 0) is 42.2 Å². The summed E-state index contributed by atoms with van der Waals surface area (Å²) < 4.78 is 53.1. The van der Waals surface area contributed by atoms with Crippen LogP contribution in [-0.2, 0) is 19.0 Å². The number of rotatable bonds is 2. The second-order valence-corrected chi connectivity index (χ2v) is 7.93. The first-order valence-corrected chi connectivity index (χ1v) is 10.3. The van der Waals surface area contributed by atoms with Gasteiger partial charge >= 0.3 is 6.18 Å². The normalized spacial score (nSPS) is 14.2. The van der Waals surface area contributed by atoms with Crippen molar-refractivity contribution in [3.8, 4) is 22.8 Å². The van der Waals surface area contributed by atoms with Gasteiger partial charge in [0.15, 0.2) is 11.5 Å². The highest BCUT2D eigenvalue weighted by atomic mass is 19.4. The van der Waals surface area contributed by atoms with Gasteiger partial charge in [-0.15, -0.1) is 0 Å². The molecule has 33 heavy (non-hydrogen) atoms. The molecule has 1 aliphatic carbocycles. The molecule has 4 aromatic rings. The summed E-state index contributed by atoms with van der Waals surface area (Å²) >= 11 is 0. The predicted molar refractivity (Wildman–Crippen MR) is 114 cm³/mol. The molecule has 2 N–H and O–H groups in total. The lowest BCUT2D eigenvalue weighted by Gasteiger charge is -2.23. The minimum Gasteiger partial charge on any atom is -0.454 e. The molecule has 2 aliphatic rings. The van der Waals surface area contributed by atoms with Crippen LogP contribution in [0.2, 0.25) is 0 Å². The standard InChI is InChI=1S/C24H16F3N3O3/c25-24(26,27)20-15-7-5-12-3-1-2-4-14(12)21(15)29-16-10-17(30-22(16)20)23(31)28-13-6-8-18-19(9-13)33-11-32-18/h1-4,6,8-10,30H,5,7,11H2,(H,28,31). The van der Waals surface area contributed by atoms with E-state index >= 15 is 0 Å². The number of aromatic amines is 1. The summed E-state index contributed by atoms with van der Waals surface area (Å²) in [6, 6.07) is 13.6. The molecule has 9 heteroatoms. The first kappa shape index (κ1) is 19.7.